The number of nitrogens with one attached hydrogen (secondary N) is 1. The van der Waals surface area contributed by atoms with Crippen LogP contribution in [0.4, 0.5) is 5.69 Å². The molecule has 8 heteroatoms. The summed E-state index contributed by atoms with van der Waals surface area (Å²) < 4.78 is 4.38. The number of hydrogen-bond acceptors (Lipinski definition) is 6. The van der Waals surface area contributed by atoms with Gasteiger partial charge in [-0.2, -0.15) is 0 Å². The fourth-order valence-electron chi connectivity index (χ4n) is 5.00. The first-order chi connectivity index (χ1) is 19.7. The number of methoxy groups -OCH3 is 1. The molecule has 1 aliphatic rings. The summed E-state index contributed by atoms with van der Waals surface area (Å²) in [6, 6.07) is 23.5. The van der Waals surface area contributed by atoms with Crippen molar-refractivity contribution in [3.63, 3.8) is 0 Å². The molecule has 6 nitrogen and oxygen atoms in total. The molecule has 1 aromatic heterocycles. The van der Waals surface area contributed by atoms with Gasteiger partial charge in [-0.15, -0.1) is 23.1 Å². The fourth-order valence-corrected chi connectivity index (χ4v) is 7.03. The van der Waals surface area contributed by atoms with E-state index in [-0.39, 0.29) is 5.91 Å². The molecule has 2 N–H and O–H groups in total. The van der Waals surface area contributed by atoms with E-state index >= 15 is 0 Å². The number of carbonyl (C=O) groups is 2. The van der Waals surface area contributed by atoms with E-state index in [2.05, 4.69) is 17.4 Å². The van der Waals surface area contributed by atoms with Crippen molar-refractivity contribution in [2.45, 2.75) is 61.5 Å². The Morgan fingerprint density at radius 1 is 0.927 bits per heavy atom. The van der Waals surface area contributed by atoms with Gasteiger partial charge in [0, 0.05) is 16.1 Å². The quantitative estimate of drug-likeness (QED) is 0.191. The predicted molar refractivity (Wildman–Crippen MR) is 167 cm³/mol. The Morgan fingerprint density at radius 3 is 2.17 bits per heavy atom. The third-order valence-corrected chi connectivity index (χ3v) is 9.78. The Morgan fingerprint density at radius 2 is 1.56 bits per heavy atom. The predicted octanol–water partition coefficient (Wildman–Crippen LogP) is 8.74. The molecule has 0 radical (unpaired) electrons. The number of carbonyl (C=O) groups excluding carboxylic acids is 1. The number of benzene rings is 3. The van der Waals surface area contributed by atoms with Gasteiger partial charge >= 0.3 is 5.97 Å². The number of thiazole rings is 1. The topological polar surface area (TPSA) is 88.5 Å². The van der Waals surface area contributed by atoms with Gasteiger partial charge in [0.2, 0.25) is 0 Å². The summed E-state index contributed by atoms with van der Waals surface area (Å²) in [4.78, 5) is 31.5. The van der Waals surface area contributed by atoms with Crippen molar-refractivity contribution in [3.8, 4) is 26.8 Å². The molecule has 1 amide bonds. The second-order valence-corrected chi connectivity index (χ2v) is 13.5. The van der Waals surface area contributed by atoms with E-state index in [1.165, 1.54) is 60.8 Å². The molecular formula is C33H34N2O4S2. The molecule has 3 aromatic carbocycles. The molecular weight excluding hydrogens is 553 g/mol. The van der Waals surface area contributed by atoms with E-state index < -0.39 is 10.7 Å². The molecule has 0 aliphatic heterocycles. The van der Waals surface area contributed by atoms with Gasteiger partial charge in [-0.05, 0) is 92.3 Å². The minimum atomic E-state index is -0.940. The Bertz CT molecular complexity index is 1500. The van der Waals surface area contributed by atoms with Crippen LogP contribution < -0.4 is 10.1 Å². The highest BCUT2D eigenvalue weighted by molar-refractivity contribution is 8.01. The molecule has 1 heterocycles. The summed E-state index contributed by atoms with van der Waals surface area (Å²) in [5.74, 6) is 0.213. The number of rotatable bonds is 9. The van der Waals surface area contributed by atoms with Gasteiger partial charge in [-0.1, -0.05) is 43.5 Å². The highest BCUT2D eigenvalue weighted by atomic mass is 32.2. The van der Waals surface area contributed by atoms with Crippen molar-refractivity contribution in [3.05, 3.63) is 84.1 Å². The first kappa shape index (κ1) is 28.9. The monoisotopic (exact) mass is 586 g/mol. The minimum absolute atomic E-state index is 0.265. The van der Waals surface area contributed by atoms with E-state index in [9.17, 15) is 14.7 Å². The lowest BCUT2D eigenvalue weighted by Crippen LogP contribution is -2.26. The minimum Gasteiger partial charge on any atom is -0.497 e. The van der Waals surface area contributed by atoms with Gasteiger partial charge in [-0.3, -0.25) is 9.59 Å². The molecule has 212 valence electrons. The van der Waals surface area contributed by atoms with Crippen LogP contribution in [-0.4, -0.2) is 33.8 Å². The lowest BCUT2D eigenvalue weighted by molar-refractivity contribution is -0.138. The van der Waals surface area contributed by atoms with Crippen LogP contribution in [0.1, 0.15) is 67.9 Å². The molecule has 41 heavy (non-hydrogen) atoms. The highest BCUT2D eigenvalue weighted by Crippen LogP contribution is 2.39. The lowest BCUT2D eigenvalue weighted by Gasteiger charge is -2.22. The highest BCUT2D eigenvalue weighted by Gasteiger charge is 2.28. The van der Waals surface area contributed by atoms with E-state index in [0.717, 1.165) is 32.3 Å². The number of carboxylic acid groups (broad SMARTS) is 1. The number of aromatic nitrogens is 1. The smallest absolute Gasteiger partial charge is 0.319 e. The Hall–Kier alpha value is -3.62. The summed E-state index contributed by atoms with van der Waals surface area (Å²) in [5, 5.41) is 13.2. The number of nitrogens with zero attached hydrogens (tertiary/aromatic N) is 1. The number of ether oxygens (including phenoxy) is 1. The molecule has 0 unspecified atom stereocenters. The van der Waals surface area contributed by atoms with Crippen molar-refractivity contribution < 1.29 is 19.4 Å². The standard InChI is InChI=1S/C33H34N2O4S2/c1-33(2,32(37)38)41-27-19-13-24(14-20-27)31-35-28(29(40-31)23-11-17-26(39-3)18-12-23)30(36)34-25-15-9-22(10-16-25)21-7-5-4-6-8-21/h9-21H,4-8H2,1-3H3,(H,34,36)(H,37,38). The molecule has 4 aromatic rings. The summed E-state index contributed by atoms with van der Waals surface area (Å²) in [6.45, 7) is 3.37. The zero-order chi connectivity index (χ0) is 29.0. The first-order valence-corrected chi connectivity index (χ1v) is 15.5. The molecule has 1 saturated carbocycles. The number of thioether (sulfide) groups is 1. The maximum Gasteiger partial charge on any atom is 0.319 e. The van der Waals surface area contributed by atoms with Crippen molar-refractivity contribution in [1.29, 1.82) is 0 Å². The van der Waals surface area contributed by atoms with Crippen molar-refractivity contribution >= 4 is 40.7 Å². The number of anilines is 1. The van der Waals surface area contributed by atoms with E-state index in [0.29, 0.717) is 16.6 Å². The molecule has 0 spiro atoms. The molecule has 0 atom stereocenters. The maximum atomic E-state index is 13.6. The van der Waals surface area contributed by atoms with Crippen molar-refractivity contribution in [1.82, 2.24) is 4.98 Å². The van der Waals surface area contributed by atoms with Crippen LogP contribution in [0.15, 0.2) is 77.7 Å². The zero-order valence-electron chi connectivity index (χ0n) is 23.5. The Kier molecular flexibility index (Phi) is 8.80. The summed E-state index contributed by atoms with van der Waals surface area (Å²) in [6.07, 6.45) is 6.35. The van der Waals surface area contributed by atoms with Crippen LogP contribution in [0.25, 0.3) is 21.0 Å². The largest absolute Gasteiger partial charge is 0.497 e. The zero-order valence-corrected chi connectivity index (χ0v) is 25.1. The van der Waals surface area contributed by atoms with Crippen LogP contribution in [0.5, 0.6) is 5.75 Å². The molecule has 1 fully saturated rings. The van der Waals surface area contributed by atoms with E-state index in [1.807, 2.05) is 60.7 Å². The third-order valence-electron chi connectivity index (χ3n) is 7.43. The van der Waals surface area contributed by atoms with Crippen molar-refractivity contribution in [2.24, 2.45) is 0 Å². The van der Waals surface area contributed by atoms with Crippen LogP contribution in [0, 0.1) is 0 Å². The van der Waals surface area contributed by atoms with Crippen molar-refractivity contribution in [2.75, 3.05) is 12.4 Å². The lowest BCUT2D eigenvalue weighted by atomic mass is 9.84. The molecule has 0 bridgehead atoms. The van der Waals surface area contributed by atoms with Crippen LogP contribution >= 0.6 is 23.1 Å². The number of hydrogen-bond donors (Lipinski definition) is 2. The summed E-state index contributed by atoms with van der Waals surface area (Å²) in [5.41, 5.74) is 4.18. The summed E-state index contributed by atoms with van der Waals surface area (Å²) in [7, 11) is 1.62. The van der Waals surface area contributed by atoms with Gasteiger partial charge in [0.05, 0.1) is 12.0 Å². The second kappa shape index (κ2) is 12.5. The maximum absolute atomic E-state index is 13.6. The van der Waals surface area contributed by atoms with Crippen LogP contribution in [0.3, 0.4) is 0 Å². The number of carboxylic acids is 1. The number of aliphatic carboxylic acids is 1. The van der Waals surface area contributed by atoms with Gasteiger partial charge in [0.25, 0.3) is 5.91 Å². The van der Waals surface area contributed by atoms with Gasteiger partial charge in [0.15, 0.2) is 0 Å². The van der Waals surface area contributed by atoms with Crippen LogP contribution in [0.2, 0.25) is 0 Å². The average Bonchev–Trinajstić information content (AvgIpc) is 3.44. The molecule has 1 aliphatic carbocycles. The molecule has 0 saturated heterocycles. The number of amides is 1. The second-order valence-electron chi connectivity index (χ2n) is 10.8. The van der Waals surface area contributed by atoms with Gasteiger partial charge in [-0.25, -0.2) is 4.98 Å². The third kappa shape index (κ3) is 6.82. The first-order valence-electron chi connectivity index (χ1n) is 13.8. The Balaban J connectivity index is 1.41. The normalized spacial score (nSPS) is 14.0. The SMILES string of the molecule is COc1ccc(-c2sc(-c3ccc(SC(C)(C)C(=O)O)cc3)nc2C(=O)Nc2ccc(C3CCCCC3)cc2)cc1. The van der Waals surface area contributed by atoms with Gasteiger partial charge in [0.1, 0.15) is 21.2 Å². The van der Waals surface area contributed by atoms with Crippen LogP contribution in [-0.2, 0) is 4.79 Å². The van der Waals surface area contributed by atoms with Gasteiger partial charge < -0.3 is 15.2 Å². The average molecular weight is 587 g/mol. The summed E-state index contributed by atoms with van der Waals surface area (Å²) >= 11 is 2.74. The molecule has 5 rings (SSSR count). The van der Waals surface area contributed by atoms with E-state index in [4.69, 9.17) is 9.72 Å². The Labute approximate surface area is 249 Å². The van der Waals surface area contributed by atoms with E-state index in [1.54, 1.807) is 21.0 Å². The fraction of sp³-hybridized carbons (Fsp3) is 0.303.